The zero-order valence-electron chi connectivity index (χ0n) is 13.8. The van der Waals surface area contributed by atoms with Gasteiger partial charge in [0.2, 0.25) is 0 Å². The summed E-state index contributed by atoms with van der Waals surface area (Å²) in [7, 11) is 5.91. The minimum absolute atomic E-state index is 0. The van der Waals surface area contributed by atoms with Crippen molar-refractivity contribution in [2.75, 3.05) is 20.6 Å². The molecule has 2 heterocycles. The SMILES string of the molecule is CN=C(NCCc1ncc(C)s1)N(C)Cc1cc(Br)cn1C.I. The molecular formula is C15H23BrIN5S. The van der Waals surface area contributed by atoms with Crippen molar-refractivity contribution in [2.45, 2.75) is 19.9 Å². The number of nitrogens with zero attached hydrogens (tertiary/aromatic N) is 4. The van der Waals surface area contributed by atoms with Crippen LogP contribution >= 0.6 is 51.2 Å². The molecule has 0 saturated heterocycles. The zero-order chi connectivity index (χ0) is 16.1. The first-order valence-electron chi connectivity index (χ1n) is 7.13. The largest absolute Gasteiger partial charge is 0.356 e. The number of nitrogens with one attached hydrogen (secondary N) is 1. The molecule has 0 aliphatic rings. The first-order valence-corrected chi connectivity index (χ1v) is 8.74. The highest BCUT2D eigenvalue weighted by Gasteiger charge is 2.09. The molecule has 5 nitrogen and oxygen atoms in total. The van der Waals surface area contributed by atoms with E-state index in [0.29, 0.717) is 0 Å². The van der Waals surface area contributed by atoms with E-state index >= 15 is 0 Å². The van der Waals surface area contributed by atoms with Crippen molar-refractivity contribution >= 4 is 57.2 Å². The molecule has 2 aromatic rings. The van der Waals surface area contributed by atoms with Gasteiger partial charge in [-0.2, -0.15) is 0 Å². The van der Waals surface area contributed by atoms with Crippen molar-refractivity contribution in [1.82, 2.24) is 19.8 Å². The number of hydrogen-bond donors (Lipinski definition) is 1. The van der Waals surface area contributed by atoms with Crippen LogP contribution in [0.4, 0.5) is 0 Å². The molecular weight excluding hydrogens is 489 g/mol. The standard InChI is InChI=1S/C15H22BrN5S.HI/c1-11-8-19-14(22-11)5-6-18-15(17-2)21(4)10-13-7-12(16)9-20(13)3;/h7-9H,5-6,10H2,1-4H3,(H,17,18);1H. The number of halogens is 2. The van der Waals surface area contributed by atoms with Gasteiger partial charge >= 0.3 is 0 Å². The third kappa shape index (κ3) is 6.07. The maximum absolute atomic E-state index is 4.38. The van der Waals surface area contributed by atoms with Gasteiger partial charge in [0, 0.05) is 61.5 Å². The Hall–Kier alpha value is -0.610. The van der Waals surface area contributed by atoms with E-state index < -0.39 is 0 Å². The summed E-state index contributed by atoms with van der Waals surface area (Å²) in [6.45, 7) is 3.72. The average Bonchev–Trinajstić information content (AvgIpc) is 3.01. The van der Waals surface area contributed by atoms with E-state index in [9.17, 15) is 0 Å². The summed E-state index contributed by atoms with van der Waals surface area (Å²) in [4.78, 5) is 12.1. The number of aryl methyl sites for hydroxylation is 2. The van der Waals surface area contributed by atoms with Crippen LogP contribution in [0.15, 0.2) is 27.9 Å². The lowest BCUT2D eigenvalue weighted by atomic mass is 10.4. The number of thiazole rings is 1. The molecule has 0 atom stereocenters. The van der Waals surface area contributed by atoms with E-state index in [-0.39, 0.29) is 24.0 Å². The van der Waals surface area contributed by atoms with Crippen molar-refractivity contribution in [3.63, 3.8) is 0 Å². The fourth-order valence-electron chi connectivity index (χ4n) is 2.22. The highest BCUT2D eigenvalue weighted by Crippen LogP contribution is 2.15. The Morgan fingerprint density at radius 1 is 1.52 bits per heavy atom. The molecule has 2 rings (SSSR count). The smallest absolute Gasteiger partial charge is 0.193 e. The number of guanidine groups is 1. The normalized spacial score (nSPS) is 11.3. The molecule has 0 fully saturated rings. The van der Waals surface area contributed by atoms with Crippen LogP contribution in [0.5, 0.6) is 0 Å². The Labute approximate surface area is 167 Å². The van der Waals surface area contributed by atoms with Crippen LogP contribution in [-0.4, -0.2) is 41.1 Å². The van der Waals surface area contributed by atoms with E-state index in [1.165, 1.54) is 10.6 Å². The van der Waals surface area contributed by atoms with Gasteiger partial charge in [-0.3, -0.25) is 4.99 Å². The van der Waals surface area contributed by atoms with Crippen LogP contribution in [0, 0.1) is 6.92 Å². The maximum atomic E-state index is 4.38. The third-order valence-electron chi connectivity index (χ3n) is 3.34. The summed E-state index contributed by atoms with van der Waals surface area (Å²) in [6, 6.07) is 2.13. The van der Waals surface area contributed by atoms with Gasteiger partial charge in [0.15, 0.2) is 5.96 Å². The second-order valence-corrected chi connectivity index (χ2v) is 7.44. The van der Waals surface area contributed by atoms with Crippen molar-refractivity contribution in [1.29, 1.82) is 0 Å². The van der Waals surface area contributed by atoms with Gasteiger partial charge in [-0.15, -0.1) is 35.3 Å². The molecule has 0 amide bonds. The summed E-state index contributed by atoms with van der Waals surface area (Å²) in [5, 5.41) is 4.56. The van der Waals surface area contributed by atoms with Crippen LogP contribution in [0.3, 0.4) is 0 Å². The van der Waals surface area contributed by atoms with Gasteiger partial charge in [0.1, 0.15) is 0 Å². The molecule has 23 heavy (non-hydrogen) atoms. The number of rotatable bonds is 5. The second kappa shape index (κ2) is 9.63. The minimum atomic E-state index is 0. The van der Waals surface area contributed by atoms with Crippen molar-refractivity contribution in [3.8, 4) is 0 Å². The quantitative estimate of drug-likeness (QED) is 0.380. The van der Waals surface area contributed by atoms with Gasteiger partial charge in [-0.05, 0) is 28.9 Å². The highest BCUT2D eigenvalue weighted by molar-refractivity contribution is 14.0. The molecule has 0 aliphatic carbocycles. The van der Waals surface area contributed by atoms with Gasteiger partial charge in [0.05, 0.1) is 11.6 Å². The topological polar surface area (TPSA) is 45.5 Å². The van der Waals surface area contributed by atoms with Gasteiger partial charge < -0.3 is 14.8 Å². The van der Waals surface area contributed by atoms with Crippen LogP contribution < -0.4 is 5.32 Å². The Morgan fingerprint density at radius 3 is 2.78 bits per heavy atom. The molecule has 128 valence electrons. The maximum Gasteiger partial charge on any atom is 0.193 e. The number of aliphatic imine (C=N–C) groups is 1. The molecule has 0 spiro atoms. The number of hydrogen-bond acceptors (Lipinski definition) is 3. The molecule has 2 aromatic heterocycles. The predicted octanol–water partition coefficient (Wildman–Crippen LogP) is 3.42. The fourth-order valence-corrected chi connectivity index (χ4v) is 3.58. The Balaban J connectivity index is 0.00000264. The molecule has 0 radical (unpaired) electrons. The molecule has 0 bridgehead atoms. The Morgan fingerprint density at radius 2 is 2.26 bits per heavy atom. The molecule has 0 saturated carbocycles. The summed E-state index contributed by atoms with van der Waals surface area (Å²) < 4.78 is 3.21. The van der Waals surface area contributed by atoms with Crippen LogP contribution in [0.2, 0.25) is 0 Å². The highest BCUT2D eigenvalue weighted by atomic mass is 127. The van der Waals surface area contributed by atoms with Crippen LogP contribution in [-0.2, 0) is 20.0 Å². The monoisotopic (exact) mass is 511 g/mol. The first-order chi connectivity index (χ1) is 10.5. The first kappa shape index (κ1) is 20.4. The van der Waals surface area contributed by atoms with E-state index in [2.05, 4.69) is 66.9 Å². The van der Waals surface area contributed by atoms with Crippen LogP contribution in [0.25, 0.3) is 0 Å². The van der Waals surface area contributed by atoms with Crippen molar-refractivity contribution in [2.24, 2.45) is 12.0 Å². The summed E-state index contributed by atoms with van der Waals surface area (Å²) in [5.74, 6) is 0.894. The van der Waals surface area contributed by atoms with Gasteiger partial charge in [0.25, 0.3) is 0 Å². The Kier molecular flexibility index (Phi) is 8.56. The molecule has 0 aromatic carbocycles. The van der Waals surface area contributed by atoms with Crippen LogP contribution in [0.1, 0.15) is 15.6 Å². The lowest BCUT2D eigenvalue weighted by Gasteiger charge is -2.22. The lowest BCUT2D eigenvalue weighted by molar-refractivity contribution is 0.462. The zero-order valence-corrected chi connectivity index (χ0v) is 18.6. The summed E-state index contributed by atoms with van der Waals surface area (Å²) in [6.07, 6.45) is 4.90. The average molecular weight is 512 g/mol. The number of aromatic nitrogens is 2. The fraction of sp³-hybridized carbons (Fsp3) is 0.467. The third-order valence-corrected chi connectivity index (χ3v) is 4.74. The van der Waals surface area contributed by atoms with E-state index in [1.807, 2.05) is 20.3 Å². The van der Waals surface area contributed by atoms with E-state index in [1.54, 1.807) is 11.3 Å². The van der Waals surface area contributed by atoms with E-state index in [4.69, 9.17) is 0 Å². The summed E-state index contributed by atoms with van der Waals surface area (Å²) in [5.41, 5.74) is 1.23. The Bertz CT molecular complexity index is 652. The van der Waals surface area contributed by atoms with Gasteiger partial charge in [-0.1, -0.05) is 0 Å². The summed E-state index contributed by atoms with van der Waals surface area (Å²) >= 11 is 5.26. The molecule has 0 aliphatic heterocycles. The minimum Gasteiger partial charge on any atom is -0.356 e. The predicted molar refractivity (Wildman–Crippen MR) is 112 cm³/mol. The lowest BCUT2D eigenvalue weighted by Crippen LogP contribution is -2.39. The van der Waals surface area contributed by atoms with Crippen molar-refractivity contribution in [3.05, 3.63) is 38.5 Å². The molecule has 0 unspecified atom stereocenters. The second-order valence-electron chi connectivity index (χ2n) is 5.21. The van der Waals surface area contributed by atoms with E-state index in [0.717, 1.165) is 35.0 Å². The van der Waals surface area contributed by atoms with Crippen molar-refractivity contribution < 1.29 is 0 Å². The van der Waals surface area contributed by atoms with Gasteiger partial charge in [-0.25, -0.2) is 4.98 Å². The molecule has 8 heteroatoms. The molecule has 1 N–H and O–H groups in total.